The van der Waals surface area contributed by atoms with E-state index in [0.29, 0.717) is 13.2 Å². The van der Waals surface area contributed by atoms with Crippen LogP contribution < -0.4 is 10.5 Å². The summed E-state index contributed by atoms with van der Waals surface area (Å²) in [5, 5.41) is 0. The van der Waals surface area contributed by atoms with E-state index >= 15 is 0 Å². The Kier molecular flexibility index (Phi) is 4.95. The Morgan fingerprint density at radius 3 is 2.32 bits per heavy atom. The zero-order chi connectivity index (χ0) is 13.5. The Labute approximate surface area is 114 Å². The largest absolute Gasteiger partial charge is 0.497 e. The average Bonchev–Trinajstić information content (AvgIpc) is 2.49. The summed E-state index contributed by atoms with van der Waals surface area (Å²) in [5.41, 5.74) is 8.27. The van der Waals surface area contributed by atoms with Crippen LogP contribution in [0.4, 0.5) is 0 Å². The Balaban J connectivity index is 1.79. The van der Waals surface area contributed by atoms with Crippen molar-refractivity contribution in [2.24, 2.45) is 5.73 Å². The van der Waals surface area contributed by atoms with Crippen molar-refractivity contribution in [1.82, 2.24) is 0 Å². The molecule has 0 aliphatic heterocycles. The molecule has 1 atom stereocenters. The summed E-state index contributed by atoms with van der Waals surface area (Å²) in [6.45, 7) is 1.07. The molecule has 2 aromatic rings. The lowest BCUT2D eigenvalue weighted by molar-refractivity contribution is 0.108. The monoisotopic (exact) mass is 257 g/mol. The maximum absolute atomic E-state index is 6.06. The van der Waals surface area contributed by atoms with Gasteiger partial charge in [0.25, 0.3) is 0 Å². The van der Waals surface area contributed by atoms with Crippen molar-refractivity contribution in [1.29, 1.82) is 0 Å². The van der Waals surface area contributed by atoms with Gasteiger partial charge < -0.3 is 15.2 Å². The Morgan fingerprint density at radius 2 is 1.68 bits per heavy atom. The fourth-order valence-electron chi connectivity index (χ4n) is 1.82. The third-order valence-electron chi connectivity index (χ3n) is 2.95. The topological polar surface area (TPSA) is 44.5 Å². The van der Waals surface area contributed by atoms with E-state index in [2.05, 4.69) is 0 Å². The van der Waals surface area contributed by atoms with Crippen LogP contribution in [0.3, 0.4) is 0 Å². The highest BCUT2D eigenvalue weighted by Gasteiger charge is 2.05. The quantitative estimate of drug-likeness (QED) is 0.865. The second kappa shape index (κ2) is 6.92. The molecule has 0 spiro atoms. The Hall–Kier alpha value is -1.84. The van der Waals surface area contributed by atoms with Gasteiger partial charge in [0.2, 0.25) is 0 Å². The van der Waals surface area contributed by atoms with Gasteiger partial charge in [0.05, 0.1) is 26.4 Å². The van der Waals surface area contributed by atoms with Crippen LogP contribution in [0.25, 0.3) is 0 Å². The van der Waals surface area contributed by atoms with Gasteiger partial charge in [-0.25, -0.2) is 0 Å². The molecule has 0 aliphatic rings. The molecular weight excluding hydrogens is 238 g/mol. The van der Waals surface area contributed by atoms with E-state index in [0.717, 1.165) is 16.9 Å². The van der Waals surface area contributed by atoms with Crippen LogP contribution in [-0.4, -0.2) is 13.7 Å². The highest BCUT2D eigenvalue weighted by Crippen LogP contribution is 2.14. The number of nitrogens with two attached hydrogens (primary N) is 1. The zero-order valence-electron chi connectivity index (χ0n) is 11.1. The normalized spacial score (nSPS) is 12.1. The first-order valence-corrected chi connectivity index (χ1v) is 6.31. The lowest BCUT2D eigenvalue weighted by atomic mass is 10.1. The van der Waals surface area contributed by atoms with Crippen molar-refractivity contribution in [2.75, 3.05) is 13.7 Å². The highest BCUT2D eigenvalue weighted by atomic mass is 16.5. The third-order valence-corrected chi connectivity index (χ3v) is 2.95. The number of hydrogen-bond acceptors (Lipinski definition) is 3. The van der Waals surface area contributed by atoms with Gasteiger partial charge in [-0.05, 0) is 23.3 Å². The summed E-state index contributed by atoms with van der Waals surface area (Å²) in [6, 6.07) is 17.7. The molecule has 0 radical (unpaired) electrons. The maximum Gasteiger partial charge on any atom is 0.118 e. The van der Waals surface area contributed by atoms with Crippen molar-refractivity contribution in [3.63, 3.8) is 0 Å². The molecule has 0 fully saturated rings. The summed E-state index contributed by atoms with van der Waals surface area (Å²) in [4.78, 5) is 0. The van der Waals surface area contributed by atoms with Crippen LogP contribution in [-0.2, 0) is 11.3 Å². The predicted molar refractivity (Wildman–Crippen MR) is 76.0 cm³/mol. The number of benzene rings is 2. The summed E-state index contributed by atoms with van der Waals surface area (Å²) >= 11 is 0. The van der Waals surface area contributed by atoms with Crippen LogP contribution in [0.15, 0.2) is 54.6 Å². The van der Waals surface area contributed by atoms with E-state index in [4.69, 9.17) is 15.2 Å². The van der Waals surface area contributed by atoms with E-state index in [-0.39, 0.29) is 6.04 Å². The molecule has 0 heterocycles. The highest BCUT2D eigenvalue weighted by molar-refractivity contribution is 5.26. The number of rotatable bonds is 6. The van der Waals surface area contributed by atoms with E-state index in [1.165, 1.54) is 0 Å². The molecule has 2 aromatic carbocycles. The second-order valence-corrected chi connectivity index (χ2v) is 4.38. The first-order valence-electron chi connectivity index (χ1n) is 6.31. The SMILES string of the molecule is COc1ccc(COCC(N)c2ccccc2)cc1. The molecule has 0 saturated carbocycles. The van der Waals surface area contributed by atoms with Gasteiger partial charge in [-0.15, -0.1) is 0 Å². The molecule has 19 heavy (non-hydrogen) atoms. The van der Waals surface area contributed by atoms with Crippen LogP contribution in [0.1, 0.15) is 17.2 Å². The number of methoxy groups -OCH3 is 1. The fourth-order valence-corrected chi connectivity index (χ4v) is 1.82. The number of ether oxygens (including phenoxy) is 2. The standard InChI is InChI=1S/C16H19NO2/c1-18-15-9-7-13(8-10-15)11-19-12-16(17)14-5-3-2-4-6-14/h2-10,16H,11-12,17H2,1H3. The van der Waals surface area contributed by atoms with Crippen molar-refractivity contribution in [2.45, 2.75) is 12.6 Å². The minimum absolute atomic E-state index is 0.0838. The molecule has 1 unspecified atom stereocenters. The van der Waals surface area contributed by atoms with Gasteiger partial charge in [-0.2, -0.15) is 0 Å². The molecule has 3 heteroatoms. The number of hydrogen-bond donors (Lipinski definition) is 1. The lowest BCUT2D eigenvalue weighted by Gasteiger charge is -2.12. The van der Waals surface area contributed by atoms with Crippen molar-refractivity contribution >= 4 is 0 Å². The lowest BCUT2D eigenvalue weighted by Crippen LogP contribution is -2.16. The van der Waals surface area contributed by atoms with E-state index in [9.17, 15) is 0 Å². The van der Waals surface area contributed by atoms with Crippen LogP contribution >= 0.6 is 0 Å². The smallest absolute Gasteiger partial charge is 0.118 e. The summed E-state index contributed by atoms with van der Waals surface area (Å²) in [6.07, 6.45) is 0. The molecule has 2 N–H and O–H groups in total. The minimum atomic E-state index is -0.0838. The molecule has 0 saturated heterocycles. The molecule has 2 rings (SSSR count). The molecule has 0 aliphatic carbocycles. The van der Waals surface area contributed by atoms with Crippen molar-refractivity contribution < 1.29 is 9.47 Å². The first kappa shape index (κ1) is 13.6. The van der Waals surface area contributed by atoms with Gasteiger partial charge in [-0.3, -0.25) is 0 Å². The fraction of sp³-hybridized carbons (Fsp3) is 0.250. The van der Waals surface area contributed by atoms with Gasteiger partial charge >= 0.3 is 0 Å². The summed E-state index contributed by atoms with van der Waals surface area (Å²) in [5.74, 6) is 0.852. The molecule has 100 valence electrons. The summed E-state index contributed by atoms with van der Waals surface area (Å²) < 4.78 is 10.8. The Bertz CT molecular complexity index is 482. The van der Waals surface area contributed by atoms with E-state index < -0.39 is 0 Å². The maximum atomic E-state index is 6.06. The minimum Gasteiger partial charge on any atom is -0.497 e. The molecular formula is C16H19NO2. The molecule has 0 bridgehead atoms. The second-order valence-electron chi connectivity index (χ2n) is 4.38. The van der Waals surface area contributed by atoms with E-state index in [1.807, 2.05) is 54.6 Å². The average molecular weight is 257 g/mol. The van der Waals surface area contributed by atoms with Crippen molar-refractivity contribution in [3.8, 4) is 5.75 Å². The molecule has 0 amide bonds. The van der Waals surface area contributed by atoms with Crippen molar-refractivity contribution in [3.05, 3.63) is 65.7 Å². The Morgan fingerprint density at radius 1 is 1.00 bits per heavy atom. The third kappa shape index (κ3) is 4.09. The van der Waals surface area contributed by atoms with Gasteiger partial charge in [0, 0.05) is 0 Å². The van der Waals surface area contributed by atoms with Crippen LogP contribution in [0.2, 0.25) is 0 Å². The zero-order valence-corrected chi connectivity index (χ0v) is 11.1. The van der Waals surface area contributed by atoms with Gasteiger partial charge in [0.15, 0.2) is 0 Å². The predicted octanol–water partition coefficient (Wildman–Crippen LogP) is 2.91. The molecule has 0 aromatic heterocycles. The van der Waals surface area contributed by atoms with Gasteiger partial charge in [-0.1, -0.05) is 42.5 Å². The van der Waals surface area contributed by atoms with Crippen LogP contribution in [0, 0.1) is 0 Å². The van der Waals surface area contributed by atoms with Gasteiger partial charge in [0.1, 0.15) is 5.75 Å². The van der Waals surface area contributed by atoms with E-state index in [1.54, 1.807) is 7.11 Å². The first-order chi connectivity index (χ1) is 9.29. The van der Waals surface area contributed by atoms with Crippen LogP contribution in [0.5, 0.6) is 5.75 Å². The molecule has 3 nitrogen and oxygen atoms in total. The summed E-state index contributed by atoms with van der Waals surface area (Å²) in [7, 11) is 1.66.